The normalized spacial score (nSPS) is 21.1. The van der Waals surface area contributed by atoms with Crippen molar-refractivity contribution < 1.29 is 4.74 Å². The third-order valence-electron chi connectivity index (χ3n) is 4.35. The molecule has 0 radical (unpaired) electrons. The number of nitrogens with one attached hydrogen (secondary N) is 1. The van der Waals surface area contributed by atoms with E-state index in [0.717, 1.165) is 24.8 Å². The fourth-order valence-corrected chi connectivity index (χ4v) is 3.14. The van der Waals surface area contributed by atoms with Gasteiger partial charge in [-0.1, -0.05) is 38.5 Å². The lowest BCUT2D eigenvalue weighted by atomic mass is 10.0. The Labute approximate surface area is 123 Å². The second kappa shape index (κ2) is 7.65. The smallest absolute Gasteiger partial charge is 0.123 e. The molecule has 1 aromatic carbocycles. The Morgan fingerprint density at radius 2 is 2.15 bits per heavy atom. The van der Waals surface area contributed by atoms with Crippen molar-refractivity contribution in [1.29, 1.82) is 0 Å². The Balaban J connectivity index is 2.07. The molecule has 0 aromatic heterocycles. The van der Waals surface area contributed by atoms with E-state index < -0.39 is 0 Å². The predicted octanol–water partition coefficient (Wildman–Crippen LogP) is 3.08. The molecule has 1 aliphatic rings. The summed E-state index contributed by atoms with van der Waals surface area (Å²) in [5.41, 5.74) is 1.27. The van der Waals surface area contributed by atoms with E-state index in [1.54, 1.807) is 7.11 Å². The highest BCUT2D eigenvalue weighted by molar-refractivity contribution is 5.36. The van der Waals surface area contributed by atoms with Crippen molar-refractivity contribution in [3.8, 4) is 5.75 Å². The van der Waals surface area contributed by atoms with Gasteiger partial charge in [0.25, 0.3) is 0 Å². The molecule has 1 fully saturated rings. The molecule has 0 bridgehead atoms. The first-order valence-electron chi connectivity index (χ1n) is 7.87. The van der Waals surface area contributed by atoms with Crippen molar-refractivity contribution in [3.05, 3.63) is 29.8 Å². The van der Waals surface area contributed by atoms with Gasteiger partial charge in [-0.05, 0) is 31.5 Å². The lowest BCUT2D eigenvalue weighted by molar-refractivity contribution is 0.279. The highest BCUT2D eigenvalue weighted by atomic mass is 16.5. The van der Waals surface area contributed by atoms with Crippen LogP contribution in [0.4, 0.5) is 0 Å². The minimum atomic E-state index is 0.353. The summed E-state index contributed by atoms with van der Waals surface area (Å²) in [6.45, 7) is 9.00. The lowest BCUT2D eigenvalue weighted by Gasteiger charge is -2.26. The van der Waals surface area contributed by atoms with Crippen LogP contribution in [0.3, 0.4) is 0 Å². The van der Waals surface area contributed by atoms with E-state index in [9.17, 15) is 0 Å². The molecule has 2 rings (SSSR count). The number of hydrogen-bond acceptors (Lipinski definition) is 3. The van der Waals surface area contributed by atoms with Crippen molar-refractivity contribution in [2.75, 3.05) is 33.3 Å². The fourth-order valence-electron chi connectivity index (χ4n) is 3.14. The van der Waals surface area contributed by atoms with Gasteiger partial charge in [0.1, 0.15) is 5.75 Å². The monoisotopic (exact) mass is 276 g/mol. The maximum Gasteiger partial charge on any atom is 0.123 e. The van der Waals surface area contributed by atoms with Crippen molar-refractivity contribution in [3.63, 3.8) is 0 Å². The zero-order valence-electron chi connectivity index (χ0n) is 13.1. The van der Waals surface area contributed by atoms with Gasteiger partial charge in [-0.15, -0.1) is 0 Å². The van der Waals surface area contributed by atoms with Crippen molar-refractivity contribution in [2.24, 2.45) is 5.92 Å². The summed E-state index contributed by atoms with van der Waals surface area (Å²) in [6.07, 6.45) is 2.65. The van der Waals surface area contributed by atoms with Crippen LogP contribution in [0.15, 0.2) is 24.3 Å². The molecule has 2 atom stereocenters. The summed E-state index contributed by atoms with van der Waals surface area (Å²) in [7, 11) is 1.75. The largest absolute Gasteiger partial charge is 0.496 e. The molecule has 2 unspecified atom stereocenters. The van der Waals surface area contributed by atoms with E-state index >= 15 is 0 Å². The maximum atomic E-state index is 5.52. The van der Waals surface area contributed by atoms with E-state index in [0.29, 0.717) is 6.04 Å². The van der Waals surface area contributed by atoms with Crippen LogP contribution in [0.5, 0.6) is 5.75 Å². The first-order valence-corrected chi connectivity index (χ1v) is 7.87. The Kier molecular flexibility index (Phi) is 5.86. The van der Waals surface area contributed by atoms with Gasteiger partial charge < -0.3 is 15.0 Å². The predicted molar refractivity (Wildman–Crippen MR) is 84.2 cm³/mol. The zero-order valence-corrected chi connectivity index (χ0v) is 13.1. The number of methoxy groups -OCH3 is 1. The van der Waals surface area contributed by atoms with E-state index in [-0.39, 0.29) is 0 Å². The van der Waals surface area contributed by atoms with E-state index in [1.807, 2.05) is 6.07 Å². The van der Waals surface area contributed by atoms with Gasteiger partial charge in [-0.25, -0.2) is 0 Å². The Morgan fingerprint density at radius 1 is 1.35 bits per heavy atom. The second-order valence-electron chi connectivity index (χ2n) is 5.67. The number of likely N-dealkylation sites (tertiary alicyclic amines) is 1. The molecule has 3 heteroatoms. The molecule has 0 spiro atoms. The number of rotatable bonds is 7. The van der Waals surface area contributed by atoms with Gasteiger partial charge in [0, 0.05) is 24.7 Å². The summed E-state index contributed by atoms with van der Waals surface area (Å²) >= 11 is 0. The first kappa shape index (κ1) is 15.3. The Hall–Kier alpha value is -1.06. The molecule has 0 aliphatic carbocycles. The van der Waals surface area contributed by atoms with Crippen LogP contribution >= 0.6 is 0 Å². The van der Waals surface area contributed by atoms with Crippen molar-refractivity contribution >= 4 is 0 Å². The van der Waals surface area contributed by atoms with Gasteiger partial charge in [0.05, 0.1) is 7.11 Å². The van der Waals surface area contributed by atoms with Crippen molar-refractivity contribution in [1.82, 2.24) is 10.2 Å². The number of nitrogens with zero attached hydrogens (tertiary/aromatic N) is 1. The summed E-state index contributed by atoms with van der Waals surface area (Å²) in [5, 5.41) is 3.61. The van der Waals surface area contributed by atoms with Gasteiger partial charge in [0.2, 0.25) is 0 Å². The summed E-state index contributed by atoms with van der Waals surface area (Å²) in [5.74, 6) is 1.87. The second-order valence-corrected chi connectivity index (χ2v) is 5.67. The van der Waals surface area contributed by atoms with E-state index in [4.69, 9.17) is 4.74 Å². The van der Waals surface area contributed by atoms with E-state index in [1.165, 1.54) is 31.5 Å². The standard InChI is InChI=1S/C17H28N2O/c1-4-14-10-11-19(12-14)13-16(18-5-2)15-8-6-7-9-17(15)20-3/h6-9,14,16,18H,4-5,10-13H2,1-3H3. The summed E-state index contributed by atoms with van der Waals surface area (Å²) in [6, 6.07) is 8.72. The molecule has 1 N–H and O–H groups in total. The fraction of sp³-hybridized carbons (Fsp3) is 0.647. The van der Waals surface area contributed by atoms with Crippen LogP contribution in [0.1, 0.15) is 38.3 Å². The van der Waals surface area contributed by atoms with Crippen LogP contribution < -0.4 is 10.1 Å². The molecule has 1 aliphatic heterocycles. The average Bonchev–Trinajstić information content (AvgIpc) is 2.94. The van der Waals surface area contributed by atoms with Crippen LogP contribution in [0.2, 0.25) is 0 Å². The molecule has 0 amide bonds. The maximum absolute atomic E-state index is 5.52. The average molecular weight is 276 g/mol. The number of para-hydroxylation sites is 1. The zero-order chi connectivity index (χ0) is 14.4. The molecular weight excluding hydrogens is 248 g/mol. The Bertz CT molecular complexity index is 408. The molecule has 3 nitrogen and oxygen atoms in total. The number of ether oxygens (including phenoxy) is 1. The molecular formula is C17H28N2O. The lowest BCUT2D eigenvalue weighted by Crippen LogP contribution is -2.34. The summed E-state index contributed by atoms with van der Waals surface area (Å²) < 4.78 is 5.52. The third kappa shape index (κ3) is 3.74. The van der Waals surface area contributed by atoms with Crippen molar-refractivity contribution in [2.45, 2.75) is 32.7 Å². The molecule has 0 saturated carbocycles. The third-order valence-corrected chi connectivity index (χ3v) is 4.35. The van der Waals surface area contributed by atoms with Gasteiger partial charge in [-0.2, -0.15) is 0 Å². The number of likely N-dealkylation sites (N-methyl/N-ethyl adjacent to an activating group) is 1. The van der Waals surface area contributed by atoms with Gasteiger partial charge >= 0.3 is 0 Å². The quantitative estimate of drug-likeness (QED) is 0.828. The minimum Gasteiger partial charge on any atom is -0.496 e. The molecule has 1 saturated heterocycles. The molecule has 20 heavy (non-hydrogen) atoms. The van der Waals surface area contributed by atoms with Gasteiger partial charge in [-0.3, -0.25) is 0 Å². The van der Waals surface area contributed by atoms with Crippen LogP contribution in [-0.2, 0) is 0 Å². The number of hydrogen-bond donors (Lipinski definition) is 1. The topological polar surface area (TPSA) is 24.5 Å². The molecule has 112 valence electrons. The van der Waals surface area contributed by atoms with Crippen LogP contribution in [0.25, 0.3) is 0 Å². The Morgan fingerprint density at radius 3 is 2.80 bits per heavy atom. The minimum absolute atomic E-state index is 0.353. The van der Waals surface area contributed by atoms with Crippen LogP contribution in [0, 0.1) is 5.92 Å². The molecule has 1 heterocycles. The van der Waals surface area contributed by atoms with Crippen LogP contribution in [-0.4, -0.2) is 38.2 Å². The SMILES string of the molecule is CCNC(CN1CCC(CC)C1)c1ccccc1OC. The highest BCUT2D eigenvalue weighted by Crippen LogP contribution is 2.27. The highest BCUT2D eigenvalue weighted by Gasteiger charge is 2.24. The van der Waals surface area contributed by atoms with Gasteiger partial charge in [0.15, 0.2) is 0 Å². The van der Waals surface area contributed by atoms with E-state index in [2.05, 4.69) is 42.3 Å². The number of benzene rings is 1. The first-order chi connectivity index (χ1) is 9.78. The molecule has 1 aromatic rings. The summed E-state index contributed by atoms with van der Waals surface area (Å²) in [4.78, 5) is 2.59.